The molecule has 2 rings (SSSR count). The zero-order valence-electron chi connectivity index (χ0n) is 9.74. The summed E-state index contributed by atoms with van der Waals surface area (Å²) in [6.07, 6.45) is 5.06. The van der Waals surface area contributed by atoms with Gasteiger partial charge >= 0.3 is 0 Å². The summed E-state index contributed by atoms with van der Waals surface area (Å²) < 4.78 is 1.79. The van der Waals surface area contributed by atoms with Crippen molar-refractivity contribution in [3.63, 3.8) is 0 Å². The molecule has 0 saturated heterocycles. The van der Waals surface area contributed by atoms with Crippen LogP contribution >= 0.6 is 0 Å². The Morgan fingerprint density at radius 3 is 2.94 bits per heavy atom. The van der Waals surface area contributed by atoms with Crippen molar-refractivity contribution in [2.24, 2.45) is 0 Å². The molecule has 0 amide bonds. The molecule has 2 heterocycles. The normalized spacial score (nSPS) is 12.6. The van der Waals surface area contributed by atoms with E-state index in [0.29, 0.717) is 11.3 Å². The van der Waals surface area contributed by atoms with E-state index in [1.807, 2.05) is 0 Å². The van der Waals surface area contributed by atoms with E-state index in [9.17, 15) is 5.11 Å². The summed E-state index contributed by atoms with van der Waals surface area (Å²) in [5.74, 6) is 0. The molecule has 0 aliphatic rings. The standard InChI is InChI=1S/C12H16N4O/c1-2-7-16-11(4-6-15-16)12(17)9-8-14-5-3-10(9)13/h3-6,8,12,17H,2,7H2,1H3,(H2,13,14). The average molecular weight is 232 g/mol. The molecule has 90 valence electrons. The van der Waals surface area contributed by atoms with Gasteiger partial charge in [0, 0.05) is 36.4 Å². The van der Waals surface area contributed by atoms with E-state index in [4.69, 9.17) is 5.73 Å². The molecular weight excluding hydrogens is 216 g/mol. The van der Waals surface area contributed by atoms with Crippen LogP contribution in [0, 0.1) is 0 Å². The molecular formula is C12H16N4O. The maximum atomic E-state index is 10.3. The second kappa shape index (κ2) is 4.97. The maximum absolute atomic E-state index is 10.3. The smallest absolute Gasteiger partial charge is 0.124 e. The largest absolute Gasteiger partial charge is 0.398 e. The zero-order chi connectivity index (χ0) is 12.3. The lowest BCUT2D eigenvalue weighted by Crippen LogP contribution is -2.11. The molecule has 0 saturated carbocycles. The number of hydrogen-bond acceptors (Lipinski definition) is 4. The lowest BCUT2D eigenvalue weighted by molar-refractivity contribution is 0.207. The van der Waals surface area contributed by atoms with Gasteiger partial charge in [0.2, 0.25) is 0 Å². The highest BCUT2D eigenvalue weighted by molar-refractivity contribution is 5.47. The molecule has 0 bridgehead atoms. The summed E-state index contributed by atoms with van der Waals surface area (Å²) in [5, 5.41) is 14.5. The molecule has 2 aromatic rings. The van der Waals surface area contributed by atoms with Gasteiger partial charge in [-0.3, -0.25) is 9.67 Å². The number of aliphatic hydroxyl groups excluding tert-OH is 1. The van der Waals surface area contributed by atoms with Crippen molar-refractivity contribution in [3.8, 4) is 0 Å². The summed E-state index contributed by atoms with van der Waals surface area (Å²) in [6, 6.07) is 3.48. The topological polar surface area (TPSA) is 77.0 Å². The highest BCUT2D eigenvalue weighted by atomic mass is 16.3. The van der Waals surface area contributed by atoms with Crippen LogP contribution in [0.3, 0.4) is 0 Å². The summed E-state index contributed by atoms with van der Waals surface area (Å²) >= 11 is 0. The Morgan fingerprint density at radius 1 is 1.41 bits per heavy atom. The van der Waals surface area contributed by atoms with Crippen molar-refractivity contribution in [2.75, 3.05) is 5.73 Å². The minimum Gasteiger partial charge on any atom is -0.398 e. The van der Waals surface area contributed by atoms with E-state index in [-0.39, 0.29) is 0 Å². The van der Waals surface area contributed by atoms with E-state index < -0.39 is 6.10 Å². The van der Waals surface area contributed by atoms with Gasteiger partial charge in [-0.2, -0.15) is 5.10 Å². The van der Waals surface area contributed by atoms with Crippen LogP contribution in [0.2, 0.25) is 0 Å². The summed E-state index contributed by atoms with van der Waals surface area (Å²) in [7, 11) is 0. The summed E-state index contributed by atoms with van der Waals surface area (Å²) in [6.45, 7) is 2.84. The van der Waals surface area contributed by atoms with E-state index in [2.05, 4.69) is 17.0 Å². The Bertz CT molecular complexity index is 495. The summed E-state index contributed by atoms with van der Waals surface area (Å²) in [5.41, 5.74) is 7.72. The number of rotatable bonds is 4. The first-order chi connectivity index (χ1) is 8.24. The molecule has 1 atom stereocenters. The Morgan fingerprint density at radius 2 is 2.24 bits per heavy atom. The highest BCUT2D eigenvalue weighted by Gasteiger charge is 2.17. The first-order valence-electron chi connectivity index (χ1n) is 5.63. The molecule has 0 aliphatic carbocycles. The van der Waals surface area contributed by atoms with Crippen molar-refractivity contribution < 1.29 is 5.11 Å². The Kier molecular flexibility index (Phi) is 3.39. The zero-order valence-corrected chi connectivity index (χ0v) is 9.74. The number of hydrogen-bond donors (Lipinski definition) is 2. The van der Waals surface area contributed by atoms with Gasteiger partial charge in [-0.25, -0.2) is 0 Å². The second-order valence-electron chi connectivity index (χ2n) is 3.89. The lowest BCUT2D eigenvalue weighted by atomic mass is 10.1. The van der Waals surface area contributed by atoms with Crippen LogP contribution < -0.4 is 5.73 Å². The number of aromatic nitrogens is 3. The van der Waals surface area contributed by atoms with Gasteiger partial charge in [0.05, 0.1) is 5.69 Å². The molecule has 2 aromatic heterocycles. The third kappa shape index (κ3) is 2.29. The van der Waals surface area contributed by atoms with Crippen LogP contribution in [0.1, 0.15) is 30.7 Å². The fourth-order valence-electron chi connectivity index (χ4n) is 1.78. The number of nitrogens with zero attached hydrogens (tertiary/aromatic N) is 3. The minimum atomic E-state index is -0.780. The first-order valence-corrected chi connectivity index (χ1v) is 5.63. The molecule has 0 aliphatic heterocycles. The lowest BCUT2D eigenvalue weighted by Gasteiger charge is -2.14. The van der Waals surface area contributed by atoms with Crippen molar-refractivity contribution in [2.45, 2.75) is 26.0 Å². The van der Waals surface area contributed by atoms with Gasteiger partial charge in [-0.15, -0.1) is 0 Å². The van der Waals surface area contributed by atoms with Crippen molar-refractivity contribution in [3.05, 3.63) is 42.0 Å². The number of pyridine rings is 1. The molecule has 0 aromatic carbocycles. The molecule has 3 N–H and O–H groups in total. The Hall–Kier alpha value is -1.88. The van der Waals surface area contributed by atoms with Crippen LogP contribution in [0.25, 0.3) is 0 Å². The second-order valence-corrected chi connectivity index (χ2v) is 3.89. The summed E-state index contributed by atoms with van der Waals surface area (Å²) in [4.78, 5) is 3.98. The van der Waals surface area contributed by atoms with Crippen molar-refractivity contribution in [1.82, 2.24) is 14.8 Å². The molecule has 5 heteroatoms. The molecule has 0 fully saturated rings. The third-order valence-electron chi connectivity index (χ3n) is 2.65. The number of anilines is 1. The fraction of sp³-hybridized carbons (Fsp3) is 0.333. The third-order valence-corrected chi connectivity index (χ3v) is 2.65. The van der Waals surface area contributed by atoms with E-state index in [1.165, 1.54) is 0 Å². The molecule has 0 spiro atoms. The van der Waals surface area contributed by atoms with Crippen LogP contribution in [0.15, 0.2) is 30.7 Å². The van der Waals surface area contributed by atoms with E-state index in [1.54, 1.807) is 35.4 Å². The van der Waals surface area contributed by atoms with E-state index >= 15 is 0 Å². The Balaban J connectivity index is 2.34. The van der Waals surface area contributed by atoms with Crippen molar-refractivity contribution in [1.29, 1.82) is 0 Å². The number of aryl methyl sites for hydroxylation is 1. The quantitative estimate of drug-likeness (QED) is 0.834. The van der Waals surface area contributed by atoms with Crippen LogP contribution in [-0.2, 0) is 6.54 Å². The monoisotopic (exact) mass is 232 g/mol. The average Bonchev–Trinajstić information content (AvgIpc) is 2.78. The number of nitrogens with two attached hydrogens (primary N) is 1. The minimum absolute atomic E-state index is 0.539. The molecule has 1 unspecified atom stereocenters. The number of aliphatic hydroxyl groups is 1. The highest BCUT2D eigenvalue weighted by Crippen LogP contribution is 2.25. The van der Waals surface area contributed by atoms with Gasteiger partial charge in [0.25, 0.3) is 0 Å². The van der Waals surface area contributed by atoms with Crippen LogP contribution in [0.4, 0.5) is 5.69 Å². The van der Waals surface area contributed by atoms with E-state index in [0.717, 1.165) is 18.7 Å². The Labute approximate surface area is 99.9 Å². The van der Waals surface area contributed by atoms with Crippen LogP contribution in [-0.4, -0.2) is 19.9 Å². The van der Waals surface area contributed by atoms with Gasteiger partial charge in [0.15, 0.2) is 0 Å². The van der Waals surface area contributed by atoms with Gasteiger partial charge in [0.1, 0.15) is 6.10 Å². The molecule has 5 nitrogen and oxygen atoms in total. The number of nitrogen functional groups attached to an aromatic ring is 1. The van der Waals surface area contributed by atoms with Gasteiger partial charge < -0.3 is 10.8 Å². The van der Waals surface area contributed by atoms with Crippen molar-refractivity contribution >= 4 is 5.69 Å². The van der Waals surface area contributed by atoms with Gasteiger partial charge in [-0.1, -0.05) is 6.92 Å². The predicted molar refractivity (Wildman–Crippen MR) is 65.2 cm³/mol. The maximum Gasteiger partial charge on any atom is 0.124 e. The molecule has 17 heavy (non-hydrogen) atoms. The predicted octanol–water partition coefficient (Wildman–Crippen LogP) is 1.35. The van der Waals surface area contributed by atoms with Gasteiger partial charge in [-0.05, 0) is 18.6 Å². The molecule has 0 radical (unpaired) electrons. The fourth-order valence-corrected chi connectivity index (χ4v) is 1.78. The van der Waals surface area contributed by atoms with Crippen LogP contribution in [0.5, 0.6) is 0 Å². The first kappa shape index (κ1) is 11.6. The SMILES string of the molecule is CCCn1nccc1C(O)c1cnccc1N.